The summed E-state index contributed by atoms with van der Waals surface area (Å²) in [5, 5.41) is 0. The van der Waals surface area contributed by atoms with Gasteiger partial charge in [0.25, 0.3) is 0 Å². The van der Waals surface area contributed by atoms with E-state index in [2.05, 4.69) is 43.5 Å². The van der Waals surface area contributed by atoms with E-state index >= 15 is 0 Å². The van der Waals surface area contributed by atoms with Crippen LogP contribution in [0.5, 0.6) is 0 Å². The first kappa shape index (κ1) is 15.5. The van der Waals surface area contributed by atoms with E-state index in [-0.39, 0.29) is 0 Å². The number of aryl methyl sites for hydroxylation is 1. The van der Waals surface area contributed by atoms with Gasteiger partial charge in [0.2, 0.25) is 0 Å². The van der Waals surface area contributed by atoms with E-state index in [1.807, 2.05) is 0 Å². The second kappa shape index (κ2) is 7.80. The molecule has 0 heterocycles. The molecule has 1 aromatic carbocycles. The molecular weight excluding hydrogens is 244 g/mol. The average molecular weight is 274 g/mol. The summed E-state index contributed by atoms with van der Waals surface area (Å²) in [4.78, 5) is 0. The van der Waals surface area contributed by atoms with Crippen LogP contribution >= 0.6 is 0 Å². The summed E-state index contributed by atoms with van der Waals surface area (Å²) in [7, 11) is 0. The van der Waals surface area contributed by atoms with E-state index in [1.165, 1.54) is 56.1 Å². The molecule has 112 valence electrons. The number of hydrogen-bond acceptors (Lipinski definition) is 2. The molecule has 20 heavy (non-hydrogen) atoms. The fraction of sp³-hybridized carbons (Fsp3) is 0.667. The Labute approximate surface area is 124 Å². The Bertz CT molecular complexity index is 394. The summed E-state index contributed by atoms with van der Waals surface area (Å²) in [5.41, 5.74) is 5.82. The molecular formula is C18H30N2. The van der Waals surface area contributed by atoms with Gasteiger partial charge >= 0.3 is 0 Å². The van der Waals surface area contributed by atoms with Crippen LogP contribution in [0.1, 0.15) is 69.0 Å². The number of nitrogens with two attached hydrogens (primary N) is 1. The van der Waals surface area contributed by atoms with Crippen LogP contribution in [0, 0.1) is 18.8 Å². The third-order valence-electron chi connectivity index (χ3n) is 5.03. The molecule has 0 aromatic heterocycles. The fourth-order valence-corrected chi connectivity index (χ4v) is 3.72. The number of unbranched alkanes of at least 4 members (excludes halogenated alkanes) is 1. The Hall–Kier alpha value is -0.860. The molecule has 2 heteroatoms. The SMILES string of the molecule is CCCCC1CCC(C(NN)c2ccccc2C)CC1. The largest absolute Gasteiger partial charge is 0.271 e. The number of hydrazine groups is 1. The van der Waals surface area contributed by atoms with E-state index in [0.29, 0.717) is 12.0 Å². The van der Waals surface area contributed by atoms with Crippen LogP contribution in [0.15, 0.2) is 24.3 Å². The lowest BCUT2D eigenvalue weighted by atomic mass is 9.75. The minimum absolute atomic E-state index is 0.323. The molecule has 0 radical (unpaired) electrons. The maximum absolute atomic E-state index is 5.87. The van der Waals surface area contributed by atoms with Crippen molar-refractivity contribution in [2.75, 3.05) is 0 Å². The number of rotatable bonds is 6. The molecule has 0 saturated heterocycles. The molecule has 1 aromatic rings. The third-order valence-corrected chi connectivity index (χ3v) is 5.03. The summed E-state index contributed by atoms with van der Waals surface area (Å²) in [6, 6.07) is 8.96. The van der Waals surface area contributed by atoms with Gasteiger partial charge in [0.1, 0.15) is 0 Å². The van der Waals surface area contributed by atoms with Crippen LogP contribution in [-0.4, -0.2) is 0 Å². The van der Waals surface area contributed by atoms with Crippen LogP contribution in [0.2, 0.25) is 0 Å². The van der Waals surface area contributed by atoms with Gasteiger partial charge in [-0.05, 0) is 42.7 Å². The lowest BCUT2D eigenvalue weighted by molar-refractivity contribution is 0.213. The summed E-state index contributed by atoms with van der Waals surface area (Å²) in [6.45, 7) is 4.48. The van der Waals surface area contributed by atoms with Crippen LogP contribution in [0.3, 0.4) is 0 Å². The molecule has 2 rings (SSSR count). The van der Waals surface area contributed by atoms with Gasteiger partial charge < -0.3 is 0 Å². The molecule has 0 aliphatic heterocycles. The van der Waals surface area contributed by atoms with E-state index in [1.54, 1.807) is 0 Å². The van der Waals surface area contributed by atoms with E-state index in [0.717, 1.165) is 5.92 Å². The van der Waals surface area contributed by atoms with Crippen molar-refractivity contribution >= 4 is 0 Å². The molecule has 1 atom stereocenters. The lowest BCUT2D eigenvalue weighted by Gasteiger charge is -2.34. The highest BCUT2D eigenvalue weighted by molar-refractivity contribution is 5.29. The summed E-state index contributed by atoms with van der Waals surface area (Å²) in [5.74, 6) is 7.52. The van der Waals surface area contributed by atoms with E-state index in [9.17, 15) is 0 Å². The first-order valence-electron chi connectivity index (χ1n) is 8.28. The molecule has 2 nitrogen and oxygen atoms in total. The zero-order valence-corrected chi connectivity index (χ0v) is 13.1. The standard InChI is InChI=1S/C18H30N2/c1-3-4-8-15-10-12-16(13-11-15)18(20-19)17-9-6-5-7-14(17)2/h5-7,9,15-16,18,20H,3-4,8,10-13,19H2,1-2H3. The number of nitrogens with one attached hydrogen (secondary N) is 1. The third kappa shape index (κ3) is 3.83. The fourth-order valence-electron chi connectivity index (χ4n) is 3.72. The molecule has 3 N–H and O–H groups in total. The second-order valence-electron chi connectivity index (χ2n) is 6.42. The molecule has 1 saturated carbocycles. The molecule has 0 spiro atoms. The summed E-state index contributed by atoms with van der Waals surface area (Å²) >= 11 is 0. The Morgan fingerprint density at radius 2 is 1.90 bits per heavy atom. The van der Waals surface area contributed by atoms with Gasteiger partial charge in [-0.2, -0.15) is 0 Å². The minimum atomic E-state index is 0.323. The predicted octanol–water partition coefficient (Wildman–Crippen LogP) is 4.50. The van der Waals surface area contributed by atoms with Crippen LogP contribution in [0.25, 0.3) is 0 Å². The topological polar surface area (TPSA) is 38.0 Å². The minimum Gasteiger partial charge on any atom is -0.271 e. The Morgan fingerprint density at radius 1 is 1.20 bits per heavy atom. The first-order chi connectivity index (χ1) is 9.76. The van der Waals surface area contributed by atoms with Crippen LogP contribution in [-0.2, 0) is 0 Å². The predicted molar refractivity (Wildman–Crippen MR) is 86.2 cm³/mol. The van der Waals surface area contributed by atoms with Crippen molar-refractivity contribution < 1.29 is 0 Å². The number of hydrogen-bond donors (Lipinski definition) is 2. The highest BCUT2D eigenvalue weighted by atomic mass is 15.2. The second-order valence-corrected chi connectivity index (χ2v) is 6.42. The molecule has 0 amide bonds. The van der Waals surface area contributed by atoms with Gasteiger partial charge in [0, 0.05) is 6.04 Å². The van der Waals surface area contributed by atoms with Crippen molar-refractivity contribution in [3.05, 3.63) is 35.4 Å². The van der Waals surface area contributed by atoms with Gasteiger partial charge in [0.05, 0.1) is 0 Å². The lowest BCUT2D eigenvalue weighted by Crippen LogP contribution is -2.35. The Kier molecular flexibility index (Phi) is 6.06. The van der Waals surface area contributed by atoms with Crippen LogP contribution in [0.4, 0.5) is 0 Å². The average Bonchev–Trinajstić information content (AvgIpc) is 2.49. The molecule has 1 aliphatic rings. The van der Waals surface area contributed by atoms with Gasteiger partial charge in [-0.25, -0.2) is 0 Å². The molecule has 1 aliphatic carbocycles. The first-order valence-corrected chi connectivity index (χ1v) is 8.28. The van der Waals surface area contributed by atoms with Crippen LogP contribution < -0.4 is 11.3 Å². The van der Waals surface area contributed by atoms with Crippen molar-refractivity contribution in [1.82, 2.24) is 5.43 Å². The zero-order valence-electron chi connectivity index (χ0n) is 13.1. The summed E-state index contributed by atoms with van der Waals surface area (Å²) < 4.78 is 0. The maximum Gasteiger partial charge on any atom is 0.0490 e. The van der Waals surface area contributed by atoms with Crippen molar-refractivity contribution in [3.8, 4) is 0 Å². The molecule has 0 bridgehead atoms. The Balaban J connectivity index is 1.95. The summed E-state index contributed by atoms with van der Waals surface area (Å²) in [6.07, 6.45) is 9.55. The monoisotopic (exact) mass is 274 g/mol. The van der Waals surface area contributed by atoms with E-state index < -0.39 is 0 Å². The number of benzene rings is 1. The van der Waals surface area contributed by atoms with Gasteiger partial charge in [0.15, 0.2) is 0 Å². The smallest absolute Gasteiger partial charge is 0.0490 e. The van der Waals surface area contributed by atoms with Gasteiger partial charge in [-0.15, -0.1) is 0 Å². The van der Waals surface area contributed by atoms with Crippen molar-refractivity contribution in [1.29, 1.82) is 0 Å². The zero-order chi connectivity index (χ0) is 14.4. The van der Waals surface area contributed by atoms with Crippen molar-refractivity contribution in [3.63, 3.8) is 0 Å². The van der Waals surface area contributed by atoms with Gasteiger partial charge in [-0.1, -0.05) is 63.3 Å². The Morgan fingerprint density at radius 3 is 2.50 bits per heavy atom. The highest BCUT2D eigenvalue weighted by Gasteiger charge is 2.28. The van der Waals surface area contributed by atoms with Crippen molar-refractivity contribution in [2.45, 2.75) is 64.8 Å². The quantitative estimate of drug-likeness (QED) is 0.592. The highest BCUT2D eigenvalue weighted by Crippen LogP contribution is 2.38. The normalized spacial score (nSPS) is 24.6. The maximum atomic E-state index is 5.87. The van der Waals surface area contributed by atoms with Gasteiger partial charge in [-0.3, -0.25) is 11.3 Å². The van der Waals surface area contributed by atoms with Crippen molar-refractivity contribution in [2.24, 2.45) is 17.7 Å². The van der Waals surface area contributed by atoms with E-state index in [4.69, 9.17) is 5.84 Å². The molecule has 1 fully saturated rings. The molecule has 1 unspecified atom stereocenters.